The van der Waals surface area contributed by atoms with Crippen LogP contribution in [0.5, 0.6) is 11.5 Å². The van der Waals surface area contributed by atoms with Crippen LogP contribution in [-0.4, -0.2) is 9.91 Å². The quantitative estimate of drug-likeness (QED) is 0.565. The number of fused-ring (bicyclic) bond motifs is 1. The minimum Gasteiger partial charge on any atom is -0.456 e. The number of hydrogen-bond acceptors (Lipinski definition) is 4. The summed E-state index contributed by atoms with van der Waals surface area (Å²) < 4.78 is 6.59. The molecule has 0 aliphatic heterocycles. The van der Waals surface area contributed by atoms with Gasteiger partial charge in [-0.2, -0.15) is 0 Å². The number of ether oxygens (including phenoxy) is 1. The largest absolute Gasteiger partial charge is 0.456 e. The fourth-order valence-electron chi connectivity index (χ4n) is 2.10. The number of nitrogens with one attached hydrogen (secondary N) is 1. The van der Waals surface area contributed by atoms with Gasteiger partial charge in [-0.1, -0.05) is 22.0 Å². The van der Waals surface area contributed by atoms with Crippen LogP contribution in [0.3, 0.4) is 0 Å². The number of nitro benzene ring substituents is 1. The zero-order valence-corrected chi connectivity index (χ0v) is 12.7. The van der Waals surface area contributed by atoms with Crippen LogP contribution >= 0.6 is 15.9 Å². The van der Waals surface area contributed by atoms with Crippen LogP contribution in [0.15, 0.2) is 57.8 Å². The van der Waals surface area contributed by atoms with Crippen LogP contribution < -0.4 is 10.3 Å². The molecular weight excluding hydrogens is 352 g/mol. The predicted molar refractivity (Wildman–Crippen MR) is 85.4 cm³/mol. The van der Waals surface area contributed by atoms with E-state index in [1.165, 1.54) is 12.1 Å². The van der Waals surface area contributed by atoms with E-state index in [1.54, 1.807) is 36.4 Å². The summed E-state index contributed by atoms with van der Waals surface area (Å²) in [5.41, 5.74) is -0.489. The van der Waals surface area contributed by atoms with Crippen LogP contribution in [0.2, 0.25) is 0 Å². The lowest BCUT2D eigenvalue weighted by Crippen LogP contribution is -2.06. The lowest BCUT2D eigenvalue weighted by atomic mass is 10.2. The van der Waals surface area contributed by atoms with Crippen molar-refractivity contribution in [2.24, 2.45) is 0 Å². The van der Waals surface area contributed by atoms with Crippen molar-refractivity contribution in [3.8, 4) is 11.5 Å². The lowest BCUT2D eigenvalue weighted by molar-refractivity contribution is -0.383. The number of hydrogen-bond donors (Lipinski definition) is 1. The third-order valence-electron chi connectivity index (χ3n) is 3.06. The van der Waals surface area contributed by atoms with Crippen molar-refractivity contribution in [3.05, 3.63) is 73.5 Å². The second kappa shape index (κ2) is 5.61. The van der Waals surface area contributed by atoms with Gasteiger partial charge in [0.1, 0.15) is 17.0 Å². The van der Waals surface area contributed by atoms with Crippen LogP contribution in [0, 0.1) is 10.1 Å². The van der Waals surface area contributed by atoms with Crippen LogP contribution in [0.4, 0.5) is 5.69 Å². The van der Waals surface area contributed by atoms with Crippen LogP contribution in [-0.2, 0) is 0 Å². The van der Waals surface area contributed by atoms with Crippen molar-refractivity contribution in [1.29, 1.82) is 0 Å². The summed E-state index contributed by atoms with van der Waals surface area (Å²) in [4.78, 5) is 24.8. The molecule has 1 aromatic heterocycles. The first-order valence-electron chi connectivity index (χ1n) is 6.28. The molecular formula is C15H9BrN2O4. The van der Waals surface area contributed by atoms with Gasteiger partial charge in [0.05, 0.1) is 4.92 Å². The molecule has 2 aromatic carbocycles. The highest BCUT2D eigenvalue weighted by Crippen LogP contribution is 2.32. The first kappa shape index (κ1) is 14.3. The summed E-state index contributed by atoms with van der Waals surface area (Å²) >= 11 is 3.32. The average Bonchev–Trinajstić information content (AvgIpc) is 2.48. The van der Waals surface area contributed by atoms with Gasteiger partial charge in [-0.05, 0) is 30.3 Å². The molecule has 22 heavy (non-hydrogen) atoms. The minimum absolute atomic E-state index is 0.145. The zero-order chi connectivity index (χ0) is 15.7. The van der Waals surface area contributed by atoms with E-state index in [0.29, 0.717) is 11.1 Å². The van der Waals surface area contributed by atoms with Gasteiger partial charge in [0.2, 0.25) is 0 Å². The Labute approximate surface area is 132 Å². The Kier molecular flexibility index (Phi) is 3.64. The van der Waals surface area contributed by atoms with Gasteiger partial charge in [-0.15, -0.1) is 0 Å². The number of aromatic nitrogens is 1. The molecule has 0 unspecified atom stereocenters. The van der Waals surface area contributed by atoms with E-state index in [9.17, 15) is 14.9 Å². The summed E-state index contributed by atoms with van der Waals surface area (Å²) in [6, 6.07) is 12.9. The third kappa shape index (κ3) is 2.71. The van der Waals surface area contributed by atoms with Gasteiger partial charge >= 0.3 is 0 Å². The molecule has 7 heteroatoms. The van der Waals surface area contributed by atoms with Gasteiger partial charge < -0.3 is 9.72 Å². The van der Waals surface area contributed by atoms with Crippen molar-refractivity contribution in [1.82, 2.24) is 4.98 Å². The molecule has 0 radical (unpaired) electrons. The first-order valence-corrected chi connectivity index (χ1v) is 7.08. The highest BCUT2D eigenvalue weighted by atomic mass is 79.9. The van der Waals surface area contributed by atoms with E-state index < -0.39 is 10.5 Å². The maximum Gasteiger partial charge on any atom is 0.293 e. The molecule has 0 bridgehead atoms. The number of halogens is 1. The van der Waals surface area contributed by atoms with Crippen molar-refractivity contribution in [2.75, 3.05) is 0 Å². The maximum atomic E-state index is 11.8. The highest BCUT2D eigenvalue weighted by molar-refractivity contribution is 9.10. The molecule has 0 aliphatic carbocycles. The molecule has 0 saturated carbocycles. The lowest BCUT2D eigenvalue weighted by Gasteiger charge is -2.08. The van der Waals surface area contributed by atoms with Crippen LogP contribution in [0.1, 0.15) is 0 Å². The molecule has 0 spiro atoms. The SMILES string of the molecule is O=c1cc(Oc2ccc(Br)cc2)c2cccc([N+](=O)[O-])c2[nH]1. The van der Waals surface area contributed by atoms with Gasteiger partial charge in [-0.25, -0.2) is 0 Å². The Morgan fingerprint density at radius 2 is 1.86 bits per heavy atom. The minimum atomic E-state index is -0.540. The number of rotatable bonds is 3. The average molecular weight is 361 g/mol. The van der Waals surface area contributed by atoms with Crippen LogP contribution in [0.25, 0.3) is 10.9 Å². The van der Waals surface area contributed by atoms with Crippen molar-refractivity contribution in [2.45, 2.75) is 0 Å². The van der Waals surface area contributed by atoms with E-state index in [4.69, 9.17) is 4.74 Å². The fraction of sp³-hybridized carbons (Fsp3) is 0. The Morgan fingerprint density at radius 3 is 2.55 bits per heavy atom. The number of non-ortho nitro benzene ring substituents is 1. The number of pyridine rings is 1. The molecule has 110 valence electrons. The number of para-hydroxylation sites is 1. The topological polar surface area (TPSA) is 85.2 Å². The van der Waals surface area contributed by atoms with E-state index in [-0.39, 0.29) is 17.0 Å². The van der Waals surface area contributed by atoms with Gasteiger partial charge in [-0.3, -0.25) is 14.9 Å². The second-order valence-corrected chi connectivity index (χ2v) is 5.43. The predicted octanol–water partition coefficient (Wildman–Crippen LogP) is 3.99. The smallest absolute Gasteiger partial charge is 0.293 e. The van der Waals surface area contributed by atoms with Crippen molar-refractivity contribution < 1.29 is 9.66 Å². The van der Waals surface area contributed by atoms with Gasteiger partial charge in [0, 0.05) is 22.0 Å². The number of nitrogens with zero attached hydrogens (tertiary/aromatic N) is 1. The first-order chi connectivity index (χ1) is 10.5. The summed E-state index contributed by atoms with van der Waals surface area (Å²) in [6.07, 6.45) is 0. The molecule has 0 aliphatic rings. The van der Waals surface area contributed by atoms with Crippen molar-refractivity contribution >= 4 is 32.5 Å². The molecule has 0 amide bonds. The van der Waals surface area contributed by atoms with E-state index >= 15 is 0 Å². The summed E-state index contributed by atoms with van der Waals surface area (Å²) in [5.74, 6) is 0.798. The van der Waals surface area contributed by atoms with Crippen molar-refractivity contribution in [3.63, 3.8) is 0 Å². The summed E-state index contributed by atoms with van der Waals surface area (Å²) in [7, 11) is 0. The summed E-state index contributed by atoms with van der Waals surface area (Å²) in [6.45, 7) is 0. The Bertz CT molecular complexity index is 919. The normalized spacial score (nSPS) is 10.6. The molecule has 3 rings (SSSR count). The monoisotopic (exact) mass is 360 g/mol. The molecule has 3 aromatic rings. The maximum absolute atomic E-state index is 11.8. The summed E-state index contributed by atoms with van der Waals surface area (Å²) in [5, 5.41) is 11.5. The molecule has 1 N–H and O–H groups in total. The number of aromatic amines is 1. The highest BCUT2D eigenvalue weighted by Gasteiger charge is 2.15. The molecule has 1 heterocycles. The van der Waals surface area contributed by atoms with Gasteiger partial charge in [0.15, 0.2) is 0 Å². The molecule has 6 nitrogen and oxygen atoms in total. The van der Waals surface area contributed by atoms with E-state index in [2.05, 4.69) is 20.9 Å². The van der Waals surface area contributed by atoms with Gasteiger partial charge in [0.25, 0.3) is 11.2 Å². The van der Waals surface area contributed by atoms with E-state index in [1.807, 2.05) is 0 Å². The molecule has 0 saturated heterocycles. The number of benzene rings is 2. The number of H-pyrrole nitrogens is 1. The second-order valence-electron chi connectivity index (χ2n) is 4.51. The van der Waals surface area contributed by atoms with E-state index in [0.717, 1.165) is 4.47 Å². The Morgan fingerprint density at radius 1 is 1.14 bits per heavy atom. The fourth-order valence-corrected chi connectivity index (χ4v) is 2.36. The standard InChI is InChI=1S/C15H9BrN2O4/c16-9-4-6-10(7-5-9)22-13-8-14(19)17-15-11(13)2-1-3-12(15)18(20)21/h1-8H,(H,17,19). The third-order valence-corrected chi connectivity index (χ3v) is 3.59. The number of nitro groups is 1. The molecule has 0 fully saturated rings. The Hall–Kier alpha value is -2.67. The molecule has 0 atom stereocenters. The Balaban J connectivity index is 2.17. The zero-order valence-electron chi connectivity index (χ0n) is 11.1.